The molecular weight excluding hydrogens is 288 g/mol. The highest BCUT2D eigenvalue weighted by Crippen LogP contribution is 2.22. The van der Waals surface area contributed by atoms with E-state index in [1.165, 1.54) is 5.56 Å². The molecule has 0 unspecified atom stereocenters. The molecule has 2 heterocycles. The number of furan rings is 1. The van der Waals surface area contributed by atoms with Crippen molar-refractivity contribution < 1.29 is 9.21 Å². The van der Waals surface area contributed by atoms with E-state index in [1.54, 1.807) is 11.2 Å². The molecule has 0 radical (unpaired) electrons. The lowest BCUT2D eigenvalue weighted by atomic mass is 10.0. The van der Waals surface area contributed by atoms with Gasteiger partial charge in [0.25, 0.3) is 5.91 Å². The molecule has 2 aromatic heterocycles. The summed E-state index contributed by atoms with van der Waals surface area (Å²) in [5, 5.41) is 1.06. The van der Waals surface area contributed by atoms with Crippen LogP contribution in [0.5, 0.6) is 0 Å². The van der Waals surface area contributed by atoms with Crippen LogP contribution in [-0.2, 0) is 6.54 Å². The summed E-state index contributed by atoms with van der Waals surface area (Å²) in [5.41, 5.74) is 2.89. The smallest absolute Gasteiger partial charge is 0.270 e. The Labute approximate surface area is 136 Å². The number of carbonyl (C=O) groups excluding carboxylic acids is 1. The van der Waals surface area contributed by atoms with E-state index in [0.717, 1.165) is 16.7 Å². The molecule has 0 saturated heterocycles. The number of H-pyrrole nitrogens is 1. The summed E-state index contributed by atoms with van der Waals surface area (Å²) >= 11 is 0. The zero-order chi connectivity index (χ0) is 16.4. The summed E-state index contributed by atoms with van der Waals surface area (Å²) in [5.74, 6) is 1.25. The number of carbonyl (C=O) groups is 1. The van der Waals surface area contributed by atoms with Crippen LogP contribution < -0.4 is 0 Å². The minimum atomic E-state index is -0.00815. The number of fused-ring (bicyclic) bond motifs is 1. The summed E-state index contributed by atoms with van der Waals surface area (Å²) < 4.78 is 5.35. The lowest BCUT2D eigenvalue weighted by Gasteiger charge is -2.18. The standard InChI is InChI=1S/C19H22N2O2/c1-4-21(12-16-6-5-9-23-16)19(22)18-11-15-8-7-14(13(2)3)10-17(15)20-18/h5-11,13,20H,4,12H2,1-3H3. The monoisotopic (exact) mass is 310 g/mol. The quantitative estimate of drug-likeness (QED) is 0.751. The van der Waals surface area contributed by atoms with Crippen molar-refractivity contribution in [3.63, 3.8) is 0 Å². The highest BCUT2D eigenvalue weighted by Gasteiger charge is 2.18. The van der Waals surface area contributed by atoms with E-state index in [9.17, 15) is 4.79 Å². The molecule has 0 atom stereocenters. The Bertz CT molecular complexity index is 800. The van der Waals surface area contributed by atoms with Crippen molar-refractivity contribution in [2.24, 2.45) is 0 Å². The molecule has 0 fully saturated rings. The first-order chi connectivity index (χ1) is 11.1. The average Bonchev–Trinajstić information content (AvgIpc) is 3.20. The van der Waals surface area contributed by atoms with Gasteiger partial charge < -0.3 is 14.3 Å². The Morgan fingerprint density at radius 1 is 1.26 bits per heavy atom. The maximum atomic E-state index is 12.7. The fourth-order valence-corrected chi connectivity index (χ4v) is 2.71. The summed E-state index contributed by atoms with van der Waals surface area (Å²) in [7, 11) is 0. The second-order valence-corrected chi connectivity index (χ2v) is 6.08. The first-order valence-corrected chi connectivity index (χ1v) is 8.02. The minimum Gasteiger partial charge on any atom is -0.467 e. The SMILES string of the molecule is CCN(Cc1ccco1)C(=O)c1cc2ccc(C(C)C)cc2[nH]1. The summed E-state index contributed by atoms with van der Waals surface area (Å²) in [6.45, 7) is 7.41. The number of rotatable bonds is 5. The number of nitrogens with one attached hydrogen (secondary N) is 1. The molecule has 1 amide bonds. The van der Waals surface area contributed by atoms with Crippen LogP contribution in [-0.4, -0.2) is 22.3 Å². The van der Waals surface area contributed by atoms with E-state index in [-0.39, 0.29) is 5.91 Å². The topological polar surface area (TPSA) is 49.2 Å². The van der Waals surface area contributed by atoms with Crippen LogP contribution in [0.25, 0.3) is 10.9 Å². The van der Waals surface area contributed by atoms with E-state index in [0.29, 0.717) is 24.7 Å². The van der Waals surface area contributed by atoms with Gasteiger partial charge in [0.2, 0.25) is 0 Å². The van der Waals surface area contributed by atoms with Crippen LogP contribution in [0.1, 0.15) is 48.5 Å². The molecule has 120 valence electrons. The lowest BCUT2D eigenvalue weighted by molar-refractivity contribution is 0.0736. The Kier molecular flexibility index (Phi) is 4.24. The van der Waals surface area contributed by atoms with E-state index in [4.69, 9.17) is 4.42 Å². The van der Waals surface area contributed by atoms with E-state index < -0.39 is 0 Å². The van der Waals surface area contributed by atoms with Crippen molar-refractivity contribution >= 4 is 16.8 Å². The fourth-order valence-electron chi connectivity index (χ4n) is 2.71. The maximum Gasteiger partial charge on any atom is 0.270 e. The zero-order valence-electron chi connectivity index (χ0n) is 13.8. The average molecular weight is 310 g/mol. The molecule has 4 heteroatoms. The van der Waals surface area contributed by atoms with Crippen molar-refractivity contribution in [3.05, 3.63) is 59.7 Å². The van der Waals surface area contributed by atoms with Gasteiger partial charge >= 0.3 is 0 Å². The first-order valence-electron chi connectivity index (χ1n) is 8.02. The minimum absolute atomic E-state index is 0.00815. The van der Waals surface area contributed by atoms with Gasteiger partial charge in [0.1, 0.15) is 11.5 Å². The molecule has 0 aliphatic rings. The third-order valence-corrected chi connectivity index (χ3v) is 4.14. The van der Waals surface area contributed by atoms with Crippen LogP contribution in [0, 0.1) is 0 Å². The molecule has 1 N–H and O–H groups in total. The van der Waals surface area contributed by atoms with Crippen molar-refractivity contribution in [1.29, 1.82) is 0 Å². The van der Waals surface area contributed by atoms with Crippen molar-refractivity contribution in [2.75, 3.05) is 6.54 Å². The Hall–Kier alpha value is -2.49. The largest absolute Gasteiger partial charge is 0.467 e. The highest BCUT2D eigenvalue weighted by molar-refractivity contribution is 5.98. The summed E-state index contributed by atoms with van der Waals surface area (Å²) in [4.78, 5) is 17.8. The van der Waals surface area contributed by atoms with Crippen molar-refractivity contribution in [3.8, 4) is 0 Å². The van der Waals surface area contributed by atoms with Gasteiger partial charge in [0.05, 0.1) is 12.8 Å². The zero-order valence-corrected chi connectivity index (χ0v) is 13.8. The van der Waals surface area contributed by atoms with Crippen molar-refractivity contribution in [2.45, 2.75) is 33.2 Å². The molecule has 4 nitrogen and oxygen atoms in total. The van der Waals surface area contributed by atoms with Crippen LogP contribution in [0.15, 0.2) is 47.1 Å². The van der Waals surface area contributed by atoms with Gasteiger partial charge in [-0.1, -0.05) is 26.0 Å². The number of hydrogen-bond acceptors (Lipinski definition) is 2. The van der Waals surface area contributed by atoms with Gasteiger partial charge in [-0.15, -0.1) is 0 Å². The third kappa shape index (κ3) is 3.16. The molecule has 0 aliphatic carbocycles. The third-order valence-electron chi connectivity index (χ3n) is 4.14. The van der Waals surface area contributed by atoms with Crippen LogP contribution in [0.2, 0.25) is 0 Å². The second kappa shape index (κ2) is 6.32. The number of benzene rings is 1. The Balaban J connectivity index is 1.87. The highest BCUT2D eigenvalue weighted by atomic mass is 16.3. The number of hydrogen-bond donors (Lipinski definition) is 1. The predicted molar refractivity (Wildman–Crippen MR) is 91.5 cm³/mol. The molecule has 1 aromatic carbocycles. The molecule has 0 spiro atoms. The van der Waals surface area contributed by atoms with E-state index in [2.05, 4.69) is 37.0 Å². The number of aromatic amines is 1. The Morgan fingerprint density at radius 3 is 2.74 bits per heavy atom. The van der Waals surface area contributed by atoms with E-state index in [1.807, 2.05) is 25.1 Å². The summed E-state index contributed by atoms with van der Waals surface area (Å²) in [6, 6.07) is 12.0. The number of amides is 1. The molecule has 3 aromatic rings. The molecule has 0 saturated carbocycles. The molecule has 3 rings (SSSR count). The molecular formula is C19H22N2O2. The van der Waals surface area contributed by atoms with Gasteiger partial charge in [-0.3, -0.25) is 4.79 Å². The number of aromatic nitrogens is 1. The normalized spacial score (nSPS) is 11.3. The molecule has 0 bridgehead atoms. The van der Waals surface area contributed by atoms with Crippen molar-refractivity contribution in [1.82, 2.24) is 9.88 Å². The van der Waals surface area contributed by atoms with E-state index >= 15 is 0 Å². The first kappa shape index (κ1) is 15.4. The lowest BCUT2D eigenvalue weighted by Crippen LogP contribution is -2.30. The fraction of sp³-hybridized carbons (Fsp3) is 0.316. The molecule has 0 aliphatic heterocycles. The van der Waals surface area contributed by atoms with Gasteiger partial charge in [0.15, 0.2) is 0 Å². The Morgan fingerprint density at radius 2 is 2.09 bits per heavy atom. The second-order valence-electron chi connectivity index (χ2n) is 6.08. The number of nitrogens with zero attached hydrogens (tertiary/aromatic N) is 1. The van der Waals surface area contributed by atoms with Gasteiger partial charge in [-0.05, 0) is 42.7 Å². The van der Waals surface area contributed by atoms with Crippen LogP contribution in [0.4, 0.5) is 0 Å². The summed E-state index contributed by atoms with van der Waals surface area (Å²) in [6.07, 6.45) is 1.63. The van der Waals surface area contributed by atoms with Gasteiger partial charge in [-0.25, -0.2) is 0 Å². The van der Waals surface area contributed by atoms with Crippen LogP contribution >= 0.6 is 0 Å². The van der Waals surface area contributed by atoms with Gasteiger partial charge in [-0.2, -0.15) is 0 Å². The molecule has 23 heavy (non-hydrogen) atoms. The maximum absolute atomic E-state index is 12.7. The van der Waals surface area contributed by atoms with Crippen LogP contribution in [0.3, 0.4) is 0 Å². The van der Waals surface area contributed by atoms with Gasteiger partial charge in [0, 0.05) is 17.4 Å². The predicted octanol–water partition coefficient (Wildman–Crippen LogP) is 4.55.